The lowest BCUT2D eigenvalue weighted by atomic mass is 10.1. The minimum absolute atomic E-state index is 0.0331. The van der Waals surface area contributed by atoms with E-state index >= 15 is 0 Å². The van der Waals surface area contributed by atoms with Crippen LogP contribution in [0, 0.1) is 17.8 Å². The van der Waals surface area contributed by atoms with Crippen molar-refractivity contribution in [1.82, 2.24) is 10.2 Å². The predicted octanol–water partition coefficient (Wildman–Crippen LogP) is 3.19. The van der Waals surface area contributed by atoms with E-state index in [-0.39, 0.29) is 32.9 Å². The van der Waals surface area contributed by atoms with Gasteiger partial charge in [-0.2, -0.15) is 0 Å². The van der Waals surface area contributed by atoms with Gasteiger partial charge in [-0.05, 0) is 42.3 Å². The molecule has 0 aliphatic carbocycles. The van der Waals surface area contributed by atoms with E-state index < -0.39 is 23.8 Å². The molecule has 1 heterocycles. The fourth-order valence-corrected chi connectivity index (χ4v) is 3.34. The Labute approximate surface area is 210 Å². The minimum Gasteiger partial charge on any atom is -0.525 e. The fraction of sp³-hybridized carbons (Fsp3) is 0.0909. The molecule has 0 aliphatic heterocycles. The van der Waals surface area contributed by atoms with Crippen molar-refractivity contribution in [3.63, 3.8) is 0 Å². The van der Waals surface area contributed by atoms with Crippen LogP contribution in [0.1, 0.15) is 32.5 Å². The van der Waals surface area contributed by atoms with E-state index in [9.17, 15) is 14.0 Å². The van der Waals surface area contributed by atoms with Crippen molar-refractivity contribution in [1.29, 1.82) is 0 Å². The molecule has 3 rings (SSSR count). The zero-order valence-electron chi connectivity index (χ0n) is 18.3. The van der Waals surface area contributed by atoms with Crippen LogP contribution >= 0.6 is 23.2 Å². The highest BCUT2D eigenvalue weighted by Gasteiger charge is 2.23. The van der Waals surface area contributed by atoms with Gasteiger partial charge in [0.15, 0.2) is 23.4 Å². The lowest BCUT2D eigenvalue weighted by Crippen LogP contribution is -2.16. The van der Waals surface area contributed by atoms with Gasteiger partial charge in [0, 0.05) is 17.3 Å². The van der Waals surface area contributed by atoms with Gasteiger partial charge < -0.3 is 25.2 Å². The van der Waals surface area contributed by atoms with Crippen LogP contribution in [0.5, 0.6) is 5.75 Å². The third-order valence-corrected chi connectivity index (χ3v) is 5.17. The largest absolute Gasteiger partial charge is 0.525 e. The van der Waals surface area contributed by atoms with Crippen LogP contribution in [0.2, 0.25) is 10.0 Å². The highest BCUT2D eigenvalue weighted by molar-refractivity contribution is 6.36. The maximum atomic E-state index is 14.1. The number of carbonyl (C=O) groups is 2. The van der Waals surface area contributed by atoms with E-state index in [0.717, 1.165) is 6.07 Å². The number of nitrogen functional groups attached to an aromatic ring is 1. The molecule has 0 spiro atoms. The summed E-state index contributed by atoms with van der Waals surface area (Å²) in [5, 5.41) is 9.90. The number of carbonyl (C=O) groups excluding carboxylic acids is 2. The molecule has 0 unspecified atom stereocenters. The summed E-state index contributed by atoms with van der Waals surface area (Å²) in [6.45, 7) is 0. The Morgan fingerprint density at radius 3 is 2.54 bits per heavy atom. The second-order valence-electron chi connectivity index (χ2n) is 6.71. The Hall–Kier alpha value is -4.01. The van der Waals surface area contributed by atoms with E-state index in [2.05, 4.69) is 32.3 Å². The predicted molar refractivity (Wildman–Crippen MR) is 129 cm³/mol. The number of amides is 1. The first-order valence-electron chi connectivity index (χ1n) is 9.71. The molecule has 3 N–H and O–H groups in total. The van der Waals surface area contributed by atoms with E-state index in [1.165, 1.54) is 51.6 Å². The molecule has 13 heteroatoms. The number of aromatic nitrogens is 2. The summed E-state index contributed by atoms with van der Waals surface area (Å²) in [4.78, 5) is 24.2. The highest BCUT2D eigenvalue weighted by Crippen LogP contribution is 2.36. The minimum atomic E-state index is -1.22. The van der Waals surface area contributed by atoms with Crippen LogP contribution in [0.4, 0.5) is 15.9 Å². The number of hydrogen-bond acceptors (Lipinski definition) is 8. The number of nitrogens with two attached hydrogens (primary N) is 1. The Morgan fingerprint density at radius 2 is 1.89 bits per heavy atom. The monoisotopic (exact) mass is 516 g/mol. The number of methoxy groups -OCH3 is 1. The third kappa shape index (κ3) is 6.12. The first kappa shape index (κ1) is 25.6. The quantitative estimate of drug-likeness (QED) is 0.221. The molecule has 0 saturated carbocycles. The number of nitrogens with zero attached hydrogens (tertiary/aromatic N) is 2. The van der Waals surface area contributed by atoms with Gasteiger partial charge in [-0.3, -0.25) is 4.79 Å². The van der Waals surface area contributed by atoms with Crippen LogP contribution in [0.15, 0.2) is 42.5 Å². The van der Waals surface area contributed by atoms with Crippen molar-refractivity contribution in [2.75, 3.05) is 18.2 Å². The second-order valence-corrected chi connectivity index (χ2v) is 7.49. The Balaban J connectivity index is 1.88. The van der Waals surface area contributed by atoms with Gasteiger partial charge >= 0.3 is 14.0 Å². The summed E-state index contributed by atoms with van der Waals surface area (Å²) in [6.07, 6.45) is 1.12. The van der Waals surface area contributed by atoms with Crippen LogP contribution < -0.4 is 15.8 Å². The zero-order chi connectivity index (χ0) is 25.5. The van der Waals surface area contributed by atoms with Crippen LogP contribution in [-0.2, 0) is 9.39 Å². The Kier molecular flexibility index (Phi) is 8.36. The number of hydrogen-bond donors (Lipinski definition) is 2. The van der Waals surface area contributed by atoms with Gasteiger partial charge in [0.1, 0.15) is 5.82 Å². The molecule has 1 atom stereocenters. The van der Waals surface area contributed by atoms with Gasteiger partial charge in [0.2, 0.25) is 0 Å². The van der Waals surface area contributed by atoms with Crippen LogP contribution in [0.25, 0.3) is 0 Å². The molecule has 0 saturated heterocycles. The van der Waals surface area contributed by atoms with Gasteiger partial charge in [-0.15, -0.1) is 10.2 Å². The lowest BCUT2D eigenvalue weighted by molar-refractivity contribution is 0.0600. The van der Waals surface area contributed by atoms with E-state index in [1.54, 1.807) is 0 Å². The maximum absolute atomic E-state index is 14.1. The molecular formula is C22H16BCl2FN4O5. The van der Waals surface area contributed by atoms with Crippen molar-refractivity contribution >= 4 is 54.6 Å². The number of rotatable bonds is 6. The molecule has 0 aliphatic rings. The molecule has 3 aromatic rings. The average Bonchev–Trinajstić information content (AvgIpc) is 2.86. The molecule has 2 aromatic carbocycles. The normalized spacial score (nSPS) is 11.0. The highest BCUT2D eigenvalue weighted by atomic mass is 35.5. The van der Waals surface area contributed by atoms with Crippen molar-refractivity contribution in [3.8, 4) is 17.8 Å². The summed E-state index contributed by atoms with van der Waals surface area (Å²) in [7, 11) is 2.58. The van der Waals surface area contributed by atoms with Crippen molar-refractivity contribution in [2.45, 2.75) is 6.10 Å². The Bertz CT molecular complexity index is 1330. The van der Waals surface area contributed by atoms with E-state index in [4.69, 9.17) is 38.3 Å². The van der Waals surface area contributed by atoms with E-state index in [0.29, 0.717) is 11.3 Å². The van der Waals surface area contributed by atoms with Gasteiger partial charge in [-0.25, -0.2) is 9.18 Å². The number of esters is 1. The van der Waals surface area contributed by atoms with Crippen LogP contribution in [0.3, 0.4) is 0 Å². The zero-order valence-corrected chi connectivity index (χ0v) is 19.8. The summed E-state index contributed by atoms with van der Waals surface area (Å²) in [5.74, 6) is 0.454. The average molecular weight is 517 g/mol. The van der Waals surface area contributed by atoms with Crippen molar-refractivity contribution < 1.29 is 28.1 Å². The number of anilines is 2. The maximum Gasteiger partial charge on any atom is 0.337 e. The first-order chi connectivity index (χ1) is 16.7. The topological polar surface area (TPSA) is 126 Å². The number of ether oxygens (including phenoxy) is 2. The molecule has 0 fully saturated rings. The smallest absolute Gasteiger partial charge is 0.337 e. The first-order valence-corrected chi connectivity index (χ1v) is 10.5. The molecular weight excluding hydrogens is 501 g/mol. The SMILES string of the molecule is BOC#C[C@@H](Oc1cc(C(=O)Nc2ccc(C(=O)OC)cc2)nnc1N)c1c(Cl)ccc(F)c1Cl. The number of halogens is 3. The summed E-state index contributed by atoms with van der Waals surface area (Å²) in [5.41, 5.74) is 6.44. The standard InChI is InChI=1S/C22H16BCl2FN4O5/c1-33-22(32)11-2-4-12(5-3-11)28-21(31)15-10-17(20(27)30-29-15)35-16(8-9-34-23)18-13(24)6-7-14(26)19(18)25/h2-7,10,16H,23H2,1H3,(H2,27,30)(H,28,31)/t16-/m1/s1. The van der Waals surface area contributed by atoms with Crippen molar-refractivity contribution in [3.05, 3.63) is 75.1 Å². The van der Waals surface area contributed by atoms with Gasteiger partial charge in [0.05, 0.1) is 28.8 Å². The molecule has 1 aromatic heterocycles. The molecule has 9 nitrogen and oxygen atoms in total. The van der Waals surface area contributed by atoms with Gasteiger partial charge in [0.25, 0.3) is 5.91 Å². The fourth-order valence-electron chi connectivity index (χ4n) is 2.78. The molecule has 1 amide bonds. The number of benzene rings is 2. The number of nitrogens with one attached hydrogen (secondary N) is 1. The molecule has 0 radical (unpaired) electrons. The lowest BCUT2D eigenvalue weighted by Gasteiger charge is -2.18. The van der Waals surface area contributed by atoms with Crippen LogP contribution in [-0.4, -0.2) is 37.2 Å². The van der Waals surface area contributed by atoms with E-state index in [1.807, 2.05) is 0 Å². The third-order valence-electron chi connectivity index (χ3n) is 4.46. The van der Waals surface area contributed by atoms with Crippen molar-refractivity contribution in [2.24, 2.45) is 0 Å². The molecule has 178 valence electrons. The second kappa shape index (κ2) is 11.4. The Morgan fingerprint density at radius 1 is 1.17 bits per heavy atom. The summed E-state index contributed by atoms with van der Waals surface area (Å²) < 4.78 is 29.3. The van der Waals surface area contributed by atoms with Gasteiger partial charge in [-0.1, -0.05) is 23.2 Å². The summed E-state index contributed by atoms with van der Waals surface area (Å²) in [6, 6.07) is 9.60. The molecule has 0 bridgehead atoms. The summed E-state index contributed by atoms with van der Waals surface area (Å²) >= 11 is 12.3. The molecule has 35 heavy (non-hydrogen) atoms.